The molecule has 3 rings (SSSR count). The van der Waals surface area contributed by atoms with E-state index in [9.17, 15) is 5.11 Å². The van der Waals surface area contributed by atoms with Gasteiger partial charge in [-0.15, -0.1) is 0 Å². The van der Waals surface area contributed by atoms with Crippen molar-refractivity contribution in [3.05, 3.63) is 30.0 Å². The lowest BCUT2D eigenvalue weighted by Gasteiger charge is -2.32. The summed E-state index contributed by atoms with van der Waals surface area (Å²) >= 11 is 0. The minimum Gasteiger partial charge on any atom is -0.493 e. The van der Waals surface area contributed by atoms with Crippen molar-refractivity contribution in [2.24, 2.45) is 0 Å². The molecule has 0 amide bonds. The van der Waals surface area contributed by atoms with Crippen LogP contribution in [0.1, 0.15) is 37.9 Å². The number of hydrogen-bond acceptors (Lipinski definition) is 4. The summed E-state index contributed by atoms with van der Waals surface area (Å²) in [6.07, 6.45) is 5.29. The summed E-state index contributed by atoms with van der Waals surface area (Å²) in [4.78, 5) is 0. The summed E-state index contributed by atoms with van der Waals surface area (Å²) in [5, 5.41) is 14.8. The normalized spacial score (nSPS) is 18.0. The highest BCUT2D eigenvalue weighted by molar-refractivity contribution is 5.83. The highest BCUT2D eigenvalue weighted by Gasteiger charge is 2.28. The van der Waals surface area contributed by atoms with Gasteiger partial charge in [0, 0.05) is 11.9 Å². The van der Waals surface area contributed by atoms with E-state index >= 15 is 0 Å². The van der Waals surface area contributed by atoms with Crippen molar-refractivity contribution in [2.45, 2.75) is 44.2 Å². The Bertz CT molecular complexity index is 599. The first kappa shape index (κ1) is 14.4. The monoisotopic (exact) mass is 289 g/mol. The van der Waals surface area contributed by atoms with Gasteiger partial charge in [0.25, 0.3) is 0 Å². The molecular weight excluding hydrogens is 266 g/mol. The Balaban J connectivity index is 1.63. The molecule has 0 spiro atoms. The first-order valence-corrected chi connectivity index (χ1v) is 7.69. The third kappa shape index (κ3) is 3.22. The zero-order valence-corrected chi connectivity index (χ0v) is 12.5. The molecule has 0 bridgehead atoms. The summed E-state index contributed by atoms with van der Waals surface area (Å²) in [6, 6.07) is 7.89. The topological polar surface area (TPSA) is 54.6 Å². The van der Waals surface area contributed by atoms with Crippen LogP contribution in [-0.4, -0.2) is 24.4 Å². The van der Waals surface area contributed by atoms with E-state index in [0.29, 0.717) is 13.1 Å². The Hall–Kier alpha value is -1.52. The minimum absolute atomic E-state index is 0.540. The number of nitrogens with one attached hydrogen (secondary N) is 1. The Morgan fingerprint density at radius 1 is 1.29 bits per heavy atom. The number of furan rings is 1. The predicted octanol–water partition coefficient (Wildman–Crippen LogP) is 3.23. The number of aliphatic hydroxyl groups is 1. The molecular formula is C17H23NO3. The van der Waals surface area contributed by atoms with E-state index in [-0.39, 0.29) is 0 Å². The van der Waals surface area contributed by atoms with Crippen molar-refractivity contribution in [1.29, 1.82) is 0 Å². The van der Waals surface area contributed by atoms with E-state index in [1.54, 1.807) is 7.11 Å². The zero-order chi connectivity index (χ0) is 14.7. The third-order valence-corrected chi connectivity index (χ3v) is 4.32. The van der Waals surface area contributed by atoms with E-state index in [1.807, 2.05) is 24.3 Å². The maximum Gasteiger partial charge on any atom is 0.176 e. The van der Waals surface area contributed by atoms with Crippen molar-refractivity contribution in [3.63, 3.8) is 0 Å². The Labute approximate surface area is 125 Å². The highest BCUT2D eigenvalue weighted by atomic mass is 16.5. The Morgan fingerprint density at radius 3 is 2.86 bits per heavy atom. The van der Waals surface area contributed by atoms with Gasteiger partial charge in [0.15, 0.2) is 11.3 Å². The number of benzene rings is 1. The average molecular weight is 289 g/mol. The molecule has 0 aliphatic heterocycles. The predicted molar refractivity (Wildman–Crippen MR) is 82.5 cm³/mol. The van der Waals surface area contributed by atoms with Crippen LogP contribution in [0, 0.1) is 0 Å². The number of fused-ring (bicyclic) bond motifs is 1. The van der Waals surface area contributed by atoms with Crippen LogP contribution in [0.4, 0.5) is 0 Å². The Kier molecular flexibility index (Phi) is 4.17. The molecule has 0 radical (unpaired) electrons. The number of para-hydroxylation sites is 1. The minimum atomic E-state index is -0.540. The quantitative estimate of drug-likeness (QED) is 0.887. The number of hydrogen-bond donors (Lipinski definition) is 2. The van der Waals surface area contributed by atoms with Gasteiger partial charge in [0.2, 0.25) is 0 Å². The maximum absolute atomic E-state index is 10.5. The standard InChI is InChI=1S/C17H23NO3/c1-20-15-7-5-6-13-10-14(21-16(13)15)11-18-12-17(19)8-3-2-4-9-17/h5-7,10,18-19H,2-4,8-9,11-12H2,1H3. The molecule has 1 aromatic carbocycles. The molecule has 0 unspecified atom stereocenters. The summed E-state index contributed by atoms with van der Waals surface area (Å²) in [5.41, 5.74) is 0.246. The van der Waals surface area contributed by atoms with E-state index in [2.05, 4.69) is 5.32 Å². The van der Waals surface area contributed by atoms with Crippen LogP contribution in [0.2, 0.25) is 0 Å². The molecule has 1 heterocycles. The smallest absolute Gasteiger partial charge is 0.176 e. The zero-order valence-electron chi connectivity index (χ0n) is 12.5. The molecule has 1 aliphatic carbocycles. The second kappa shape index (κ2) is 6.08. The first-order chi connectivity index (χ1) is 10.2. The first-order valence-electron chi connectivity index (χ1n) is 7.69. The van der Waals surface area contributed by atoms with Gasteiger partial charge >= 0.3 is 0 Å². The molecule has 4 nitrogen and oxygen atoms in total. The molecule has 2 N–H and O–H groups in total. The van der Waals surface area contributed by atoms with Gasteiger partial charge in [-0.25, -0.2) is 0 Å². The van der Waals surface area contributed by atoms with Gasteiger partial charge < -0.3 is 19.6 Å². The molecule has 1 aromatic heterocycles. The van der Waals surface area contributed by atoms with Crippen molar-refractivity contribution < 1.29 is 14.3 Å². The fourth-order valence-electron chi connectivity index (χ4n) is 3.14. The largest absolute Gasteiger partial charge is 0.493 e. The highest BCUT2D eigenvalue weighted by Crippen LogP contribution is 2.29. The number of ether oxygens (including phenoxy) is 1. The van der Waals surface area contributed by atoms with Gasteiger partial charge in [-0.2, -0.15) is 0 Å². The van der Waals surface area contributed by atoms with Crippen molar-refractivity contribution in [3.8, 4) is 5.75 Å². The lowest BCUT2D eigenvalue weighted by atomic mass is 9.85. The van der Waals surface area contributed by atoms with Crippen LogP contribution in [0.25, 0.3) is 11.0 Å². The Morgan fingerprint density at radius 2 is 2.10 bits per heavy atom. The van der Waals surface area contributed by atoms with Gasteiger partial charge in [0.1, 0.15) is 5.76 Å². The van der Waals surface area contributed by atoms with Crippen LogP contribution in [-0.2, 0) is 6.54 Å². The molecule has 1 fully saturated rings. The summed E-state index contributed by atoms with van der Waals surface area (Å²) in [7, 11) is 1.65. The summed E-state index contributed by atoms with van der Waals surface area (Å²) in [5.74, 6) is 1.62. The van der Waals surface area contributed by atoms with Crippen molar-refractivity contribution in [1.82, 2.24) is 5.32 Å². The van der Waals surface area contributed by atoms with Crippen molar-refractivity contribution in [2.75, 3.05) is 13.7 Å². The van der Waals surface area contributed by atoms with Gasteiger partial charge in [-0.05, 0) is 25.0 Å². The SMILES string of the molecule is COc1cccc2cc(CNCC3(O)CCCCC3)oc12. The fourth-order valence-corrected chi connectivity index (χ4v) is 3.14. The molecule has 4 heteroatoms. The van der Waals surface area contributed by atoms with Crippen molar-refractivity contribution >= 4 is 11.0 Å². The molecule has 1 aliphatic rings. The van der Waals surface area contributed by atoms with E-state index in [0.717, 1.165) is 48.2 Å². The maximum atomic E-state index is 10.5. The van der Waals surface area contributed by atoms with Crippen LogP contribution in [0.15, 0.2) is 28.7 Å². The van der Waals surface area contributed by atoms with Gasteiger partial charge in [-0.3, -0.25) is 0 Å². The number of methoxy groups -OCH3 is 1. The van der Waals surface area contributed by atoms with E-state index < -0.39 is 5.60 Å². The average Bonchev–Trinajstić information content (AvgIpc) is 2.90. The lowest BCUT2D eigenvalue weighted by Crippen LogP contribution is -2.41. The summed E-state index contributed by atoms with van der Waals surface area (Å²) in [6.45, 7) is 1.25. The molecule has 114 valence electrons. The van der Waals surface area contributed by atoms with E-state index in [1.165, 1.54) is 6.42 Å². The fraction of sp³-hybridized carbons (Fsp3) is 0.529. The van der Waals surface area contributed by atoms with Gasteiger partial charge in [0.05, 0.1) is 19.3 Å². The van der Waals surface area contributed by atoms with Crippen LogP contribution in [0.5, 0.6) is 5.75 Å². The summed E-state index contributed by atoms with van der Waals surface area (Å²) < 4.78 is 11.1. The molecule has 21 heavy (non-hydrogen) atoms. The second-order valence-corrected chi connectivity index (χ2v) is 5.98. The van der Waals surface area contributed by atoms with E-state index in [4.69, 9.17) is 9.15 Å². The lowest BCUT2D eigenvalue weighted by molar-refractivity contribution is 0.00440. The molecule has 2 aromatic rings. The molecule has 0 saturated heterocycles. The molecule has 0 atom stereocenters. The number of rotatable bonds is 5. The van der Waals surface area contributed by atoms with Crippen LogP contribution < -0.4 is 10.1 Å². The second-order valence-electron chi connectivity index (χ2n) is 5.98. The van der Waals surface area contributed by atoms with Gasteiger partial charge in [-0.1, -0.05) is 31.4 Å². The molecule has 1 saturated carbocycles. The van der Waals surface area contributed by atoms with Crippen LogP contribution in [0.3, 0.4) is 0 Å². The third-order valence-electron chi connectivity index (χ3n) is 4.32. The van der Waals surface area contributed by atoms with Crippen LogP contribution >= 0.6 is 0 Å².